The second-order valence-electron chi connectivity index (χ2n) is 10.5. The van der Waals surface area contributed by atoms with Crippen LogP contribution >= 0.6 is 0 Å². The standard InChI is InChI=1S/C24H28O8/c1-22-8-2-4-13-6-7-14-18(19(22)32-22)31-20(27)24(14)10-15-16(25)5-3-9-23(15,24)17(26)12-30-21(28)29-11-13/h4,14-15,18-19H,2-3,5-12H2,1H3/b13-4+/t14-,15?,18+,19-,22-,23?,24?/m1/s1. The van der Waals surface area contributed by atoms with Crippen molar-refractivity contribution in [3.05, 3.63) is 11.6 Å². The Labute approximate surface area is 186 Å². The summed E-state index contributed by atoms with van der Waals surface area (Å²) in [5, 5.41) is 0. The second-order valence-corrected chi connectivity index (χ2v) is 10.5. The lowest BCUT2D eigenvalue weighted by atomic mass is 9.35. The van der Waals surface area contributed by atoms with Gasteiger partial charge < -0.3 is 18.9 Å². The Morgan fingerprint density at radius 1 is 1.00 bits per heavy atom. The number of ether oxygens (including phenoxy) is 4. The van der Waals surface area contributed by atoms with E-state index >= 15 is 0 Å². The zero-order valence-corrected chi connectivity index (χ0v) is 18.2. The molecule has 0 aromatic heterocycles. The van der Waals surface area contributed by atoms with E-state index in [1.54, 1.807) is 0 Å². The number of esters is 1. The number of cyclic esters (lactones) is 2. The number of ketones is 2. The molecule has 172 valence electrons. The minimum atomic E-state index is -1.17. The van der Waals surface area contributed by atoms with Crippen molar-refractivity contribution in [2.24, 2.45) is 22.7 Å². The predicted octanol–water partition coefficient (Wildman–Crippen LogP) is 2.67. The molecule has 2 saturated carbocycles. The second kappa shape index (κ2) is 6.65. The quantitative estimate of drug-likeness (QED) is 0.319. The molecule has 5 fully saturated rings. The van der Waals surface area contributed by atoms with Crippen LogP contribution in [0.1, 0.15) is 58.3 Å². The summed E-state index contributed by atoms with van der Waals surface area (Å²) >= 11 is 0. The predicted molar refractivity (Wildman–Crippen MR) is 107 cm³/mol. The van der Waals surface area contributed by atoms with Crippen LogP contribution in [-0.2, 0) is 33.3 Å². The first-order chi connectivity index (χ1) is 15.3. The topological polar surface area (TPSA) is 109 Å². The number of epoxide rings is 1. The van der Waals surface area contributed by atoms with Gasteiger partial charge in [0, 0.05) is 18.3 Å². The highest BCUT2D eigenvalue weighted by atomic mass is 16.7. The summed E-state index contributed by atoms with van der Waals surface area (Å²) < 4.78 is 22.5. The van der Waals surface area contributed by atoms with E-state index in [0.29, 0.717) is 38.5 Å². The van der Waals surface area contributed by atoms with Crippen LogP contribution in [0.2, 0.25) is 0 Å². The molecule has 3 aliphatic carbocycles. The van der Waals surface area contributed by atoms with Crippen molar-refractivity contribution in [3.8, 4) is 0 Å². The molecule has 2 bridgehead atoms. The van der Waals surface area contributed by atoms with Gasteiger partial charge in [-0.3, -0.25) is 14.4 Å². The summed E-state index contributed by atoms with van der Waals surface area (Å²) in [6.07, 6.45) is 5.07. The minimum Gasteiger partial charge on any atom is -0.459 e. The molecule has 0 amide bonds. The van der Waals surface area contributed by atoms with E-state index in [1.807, 2.05) is 6.92 Å². The highest BCUT2D eigenvalue weighted by Gasteiger charge is 2.82. The maximum Gasteiger partial charge on any atom is 0.509 e. The highest BCUT2D eigenvalue weighted by molar-refractivity contribution is 6.03. The van der Waals surface area contributed by atoms with Crippen molar-refractivity contribution in [2.45, 2.75) is 76.1 Å². The third-order valence-corrected chi connectivity index (χ3v) is 9.22. The number of allylic oxidation sites excluding steroid dienone is 1. The molecule has 0 aromatic carbocycles. The van der Waals surface area contributed by atoms with Crippen LogP contribution in [0.15, 0.2) is 11.6 Å². The molecule has 7 atom stereocenters. The molecule has 2 spiro atoms. The van der Waals surface area contributed by atoms with Crippen molar-refractivity contribution < 1.29 is 38.1 Å². The smallest absolute Gasteiger partial charge is 0.459 e. The summed E-state index contributed by atoms with van der Waals surface area (Å²) in [6, 6.07) is 0. The molecular weight excluding hydrogens is 416 g/mol. The maximum atomic E-state index is 13.6. The average Bonchev–Trinajstić information content (AvgIpc) is 3.32. The minimum absolute atomic E-state index is 0.0223. The van der Waals surface area contributed by atoms with E-state index < -0.39 is 35.6 Å². The van der Waals surface area contributed by atoms with Crippen molar-refractivity contribution in [2.75, 3.05) is 13.2 Å². The molecule has 3 heterocycles. The molecule has 8 heteroatoms. The fourth-order valence-electron chi connectivity index (χ4n) is 7.57. The van der Waals surface area contributed by atoms with Crippen molar-refractivity contribution in [1.82, 2.24) is 0 Å². The first kappa shape index (κ1) is 20.4. The molecule has 3 saturated heterocycles. The number of carbonyl (C=O) groups excluding carboxylic acids is 4. The summed E-state index contributed by atoms with van der Waals surface area (Å²) in [6.45, 7) is 1.64. The molecule has 0 aromatic rings. The average molecular weight is 444 g/mol. The van der Waals surface area contributed by atoms with Crippen molar-refractivity contribution >= 4 is 23.7 Å². The number of fused-ring (bicyclic) bond motifs is 4. The van der Waals surface area contributed by atoms with E-state index in [-0.39, 0.29) is 41.8 Å². The molecule has 6 aliphatic rings. The summed E-state index contributed by atoms with van der Waals surface area (Å²) in [4.78, 5) is 52.3. The van der Waals surface area contributed by atoms with E-state index in [9.17, 15) is 19.2 Å². The normalized spacial score (nSPS) is 49.3. The van der Waals surface area contributed by atoms with Crippen LogP contribution in [0, 0.1) is 22.7 Å². The van der Waals surface area contributed by atoms with Gasteiger partial charge in [-0.2, -0.15) is 0 Å². The van der Waals surface area contributed by atoms with Crippen molar-refractivity contribution in [1.29, 1.82) is 0 Å². The van der Waals surface area contributed by atoms with Gasteiger partial charge in [0.1, 0.15) is 24.6 Å². The van der Waals surface area contributed by atoms with Gasteiger partial charge in [-0.15, -0.1) is 0 Å². The highest BCUT2D eigenvalue weighted by Crippen LogP contribution is 2.74. The summed E-state index contributed by atoms with van der Waals surface area (Å²) in [7, 11) is 0. The zero-order chi connectivity index (χ0) is 22.3. The number of Topliss-reactive ketones (excluding diaryl/α,β-unsaturated/α-hetero) is 2. The summed E-state index contributed by atoms with van der Waals surface area (Å²) in [5.41, 5.74) is -1.64. The number of hydrogen-bond acceptors (Lipinski definition) is 8. The van der Waals surface area contributed by atoms with Crippen LogP contribution in [0.3, 0.4) is 0 Å². The van der Waals surface area contributed by atoms with E-state index in [0.717, 1.165) is 18.4 Å². The fourth-order valence-corrected chi connectivity index (χ4v) is 7.57. The molecule has 8 nitrogen and oxygen atoms in total. The molecular formula is C24H28O8. The van der Waals surface area contributed by atoms with Crippen LogP contribution in [0.5, 0.6) is 0 Å². The Hall–Kier alpha value is -2.22. The molecule has 0 N–H and O–H groups in total. The van der Waals surface area contributed by atoms with Crippen LogP contribution in [-0.4, -0.2) is 54.7 Å². The Morgan fingerprint density at radius 3 is 2.66 bits per heavy atom. The number of hydrogen-bond donors (Lipinski definition) is 0. The van der Waals surface area contributed by atoms with Gasteiger partial charge in [0.2, 0.25) is 0 Å². The Balaban J connectivity index is 1.49. The first-order valence-corrected chi connectivity index (χ1v) is 11.7. The van der Waals surface area contributed by atoms with Crippen LogP contribution in [0.25, 0.3) is 0 Å². The van der Waals surface area contributed by atoms with Gasteiger partial charge >= 0.3 is 12.1 Å². The SMILES string of the molecule is C[C@@]12CC/C=C3\CC[C@@H]4[C@H](OC(=O)C45CC4C(=O)CCCC45C(=O)COC(=O)OC3)[C@H]1O2. The van der Waals surface area contributed by atoms with E-state index in [4.69, 9.17) is 18.9 Å². The maximum absolute atomic E-state index is 13.6. The third-order valence-electron chi connectivity index (χ3n) is 9.22. The van der Waals surface area contributed by atoms with E-state index in [2.05, 4.69) is 6.08 Å². The van der Waals surface area contributed by atoms with Gasteiger partial charge in [-0.05, 0) is 57.4 Å². The van der Waals surface area contributed by atoms with E-state index in [1.165, 1.54) is 0 Å². The largest absolute Gasteiger partial charge is 0.509 e. The lowest BCUT2D eigenvalue weighted by molar-refractivity contribution is -0.205. The van der Waals surface area contributed by atoms with Gasteiger partial charge in [-0.25, -0.2) is 4.79 Å². The number of rotatable bonds is 0. The lowest BCUT2D eigenvalue weighted by Gasteiger charge is -2.63. The first-order valence-electron chi connectivity index (χ1n) is 11.7. The molecule has 32 heavy (non-hydrogen) atoms. The van der Waals surface area contributed by atoms with Crippen molar-refractivity contribution in [3.63, 3.8) is 0 Å². The molecule has 6 rings (SSSR count). The van der Waals surface area contributed by atoms with Crippen LogP contribution < -0.4 is 0 Å². The Morgan fingerprint density at radius 2 is 1.81 bits per heavy atom. The van der Waals surface area contributed by atoms with Gasteiger partial charge in [0.05, 0.1) is 16.4 Å². The third kappa shape index (κ3) is 2.47. The van der Waals surface area contributed by atoms with Crippen LogP contribution in [0.4, 0.5) is 4.79 Å². The monoisotopic (exact) mass is 444 g/mol. The Bertz CT molecular complexity index is 954. The number of carbonyl (C=O) groups is 4. The molecule has 3 aliphatic heterocycles. The Kier molecular flexibility index (Phi) is 4.24. The lowest BCUT2D eigenvalue weighted by Crippen LogP contribution is -2.71. The molecule has 3 unspecified atom stereocenters. The van der Waals surface area contributed by atoms with Gasteiger partial charge in [0.15, 0.2) is 12.4 Å². The molecule has 0 radical (unpaired) electrons. The van der Waals surface area contributed by atoms with Gasteiger partial charge in [0.25, 0.3) is 0 Å². The summed E-state index contributed by atoms with van der Waals surface area (Å²) in [5.74, 6) is -1.47. The zero-order valence-electron chi connectivity index (χ0n) is 18.2. The van der Waals surface area contributed by atoms with Gasteiger partial charge in [-0.1, -0.05) is 6.08 Å². The fraction of sp³-hybridized carbons (Fsp3) is 0.750.